The molecule has 0 heterocycles. The molecular formula is C26H20ClF4N3O6. The van der Waals surface area contributed by atoms with Crippen LogP contribution in [0.3, 0.4) is 0 Å². The predicted molar refractivity (Wildman–Crippen MR) is 133 cm³/mol. The van der Waals surface area contributed by atoms with E-state index in [-0.39, 0.29) is 34.5 Å². The molecule has 1 atom stereocenters. The number of nitrogens with one attached hydrogen (secondary N) is 3. The average Bonchev–Trinajstić information content (AvgIpc) is 2.88. The predicted octanol–water partition coefficient (Wildman–Crippen LogP) is 3.75. The second kappa shape index (κ2) is 12.5. The van der Waals surface area contributed by atoms with Gasteiger partial charge in [-0.1, -0.05) is 23.7 Å². The van der Waals surface area contributed by atoms with Crippen LogP contribution in [0.4, 0.5) is 17.6 Å². The molecule has 5 N–H and O–H groups in total. The summed E-state index contributed by atoms with van der Waals surface area (Å²) >= 11 is 6.12. The van der Waals surface area contributed by atoms with Gasteiger partial charge < -0.3 is 26.2 Å². The monoisotopic (exact) mass is 581 g/mol. The second-order valence-corrected chi connectivity index (χ2v) is 8.76. The third kappa shape index (κ3) is 7.93. The molecule has 3 amide bonds. The van der Waals surface area contributed by atoms with Crippen molar-refractivity contribution >= 4 is 35.3 Å². The number of amides is 3. The molecule has 0 unspecified atom stereocenters. The first kappa shape index (κ1) is 29.9. The molecule has 0 radical (unpaired) electrons. The SMILES string of the molecule is O=C(NCc1cccc(O)c1)c1ccc(C(=O)N[C@@H](CNC(=O)c2cc(F)cc(C(F)(F)F)c2)C(=O)O)c(Cl)c1. The van der Waals surface area contributed by atoms with Gasteiger partial charge in [0.1, 0.15) is 17.6 Å². The number of aliphatic carboxylic acids is 1. The quantitative estimate of drug-likeness (QED) is 0.243. The molecule has 0 aliphatic heterocycles. The van der Waals surface area contributed by atoms with Gasteiger partial charge in [0.05, 0.1) is 16.1 Å². The fourth-order valence-electron chi connectivity index (χ4n) is 3.41. The number of hydrogen-bond donors (Lipinski definition) is 5. The molecule has 14 heteroatoms. The number of aromatic hydroxyl groups is 1. The third-order valence-electron chi connectivity index (χ3n) is 5.40. The van der Waals surface area contributed by atoms with Crippen LogP contribution in [0.1, 0.15) is 42.2 Å². The third-order valence-corrected chi connectivity index (χ3v) is 5.71. The summed E-state index contributed by atoms with van der Waals surface area (Å²) in [6.45, 7) is -0.669. The minimum absolute atomic E-state index is 0.0222. The van der Waals surface area contributed by atoms with Gasteiger partial charge in [0.2, 0.25) is 0 Å². The van der Waals surface area contributed by atoms with Crippen molar-refractivity contribution in [3.8, 4) is 5.75 Å². The summed E-state index contributed by atoms with van der Waals surface area (Å²) in [6.07, 6.45) is -4.92. The zero-order chi connectivity index (χ0) is 29.6. The summed E-state index contributed by atoms with van der Waals surface area (Å²) in [6, 6.07) is 9.21. The Kier molecular flexibility index (Phi) is 9.32. The number of benzene rings is 3. The molecular weight excluding hydrogens is 562 g/mol. The number of alkyl halides is 3. The van der Waals surface area contributed by atoms with Crippen LogP contribution in [-0.4, -0.2) is 46.5 Å². The smallest absolute Gasteiger partial charge is 0.416 e. The van der Waals surface area contributed by atoms with Crippen molar-refractivity contribution in [2.45, 2.75) is 18.8 Å². The molecule has 3 rings (SSSR count). The number of carbonyl (C=O) groups is 4. The van der Waals surface area contributed by atoms with Crippen LogP contribution in [0.15, 0.2) is 60.7 Å². The van der Waals surface area contributed by atoms with E-state index in [9.17, 15) is 47.0 Å². The summed E-state index contributed by atoms with van der Waals surface area (Å²) < 4.78 is 52.3. The Morgan fingerprint density at radius 1 is 0.875 bits per heavy atom. The van der Waals surface area contributed by atoms with E-state index in [1.54, 1.807) is 12.1 Å². The number of phenolic OH excluding ortho intramolecular Hbond substituents is 1. The molecule has 0 aromatic heterocycles. The van der Waals surface area contributed by atoms with Crippen LogP contribution < -0.4 is 16.0 Å². The lowest BCUT2D eigenvalue weighted by atomic mass is 10.1. The summed E-state index contributed by atoms with van der Waals surface area (Å²) in [7, 11) is 0. The van der Waals surface area contributed by atoms with Gasteiger partial charge in [-0.15, -0.1) is 0 Å². The summed E-state index contributed by atoms with van der Waals surface area (Å²) in [4.78, 5) is 48.9. The van der Waals surface area contributed by atoms with E-state index in [1.165, 1.54) is 30.3 Å². The first-order valence-corrected chi connectivity index (χ1v) is 11.7. The fraction of sp³-hybridized carbons (Fsp3) is 0.154. The van der Waals surface area contributed by atoms with Crippen molar-refractivity contribution in [2.75, 3.05) is 6.54 Å². The molecule has 0 bridgehead atoms. The Labute approximate surface area is 228 Å². The summed E-state index contributed by atoms with van der Waals surface area (Å²) in [5.74, 6) is -5.63. The molecule has 0 aliphatic rings. The van der Waals surface area contributed by atoms with Crippen LogP contribution in [0.2, 0.25) is 5.02 Å². The number of hydrogen-bond acceptors (Lipinski definition) is 5. The van der Waals surface area contributed by atoms with E-state index in [1.807, 2.05) is 5.32 Å². The van der Waals surface area contributed by atoms with Crippen molar-refractivity contribution in [3.63, 3.8) is 0 Å². The summed E-state index contributed by atoms with van der Waals surface area (Å²) in [5, 5.41) is 25.5. The highest BCUT2D eigenvalue weighted by molar-refractivity contribution is 6.34. The number of carboxylic acids is 1. The number of halogens is 5. The van der Waals surface area contributed by atoms with E-state index in [0.29, 0.717) is 17.7 Å². The standard InChI is InChI=1S/C26H20ClF4N3O6/c27-20-9-14(22(36)32-11-13-2-1-3-18(35)6-13)4-5-19(20)24(38)34-21(25(39)40)12-33-23(37)15-7-16(26(29,30)31)10-17(28)8-15/h1-10,21,35H,11-12H2,(H,32,36)(H,33,37)(H,34,38)(H,39,40)/t21-/m0/s1. The Hall–Kier alpha value is -4.65. The van der Waals surface area contributed by atoms with E-state index < -0.39 is 59.4 Å². The molecule has 9 nitrogen and oxygen atoms in total. The zero-order valence-electron chi connectivity index (χ0n) is 20.2. The molecule has 0 fully saturated rings. The van der Waals surface area contributed by atoms with E-state index in [2.05, 4.69) is 10.6 Å². The lowest BCUT2D eigenvalue weighted by Crippen LogP contribution is -2.48. The van der Waals surface area contributed by atoms with Gasteiger partial charge >= 0.3 is 12.1 Å². The fourth-order valence-corrected chi connectivity index (χ4v) is 3.67. The normalized spacial score (nSPS) is 11.8. The van der Waals surface area contributed by atoms with Crippen LogP contribution in [0.25, 0.3) is 0 Å². The number of carboxylic acid groups (broad SMARTS) is 1. The molecule has 0 saturated carbocycles. The van der Waals surface area contributed by atoms with Gasteiger partial charge in [-0.2, -0.15) is 13.2 Å². The number of carbonyl (C=O) groups excluding carboxylic acids is 3. The maximum Gasteiger partial charge on any atom is 0.416 e. The first-order valence-electron chi connectivity index (χ1n) is 11.3. The van der Waals surface area contributed by atoms with Gasteiger partial charge in [-0.05, 0) is 54.1 Å². The maximum atomic E-state index is 13.6. The van der Waals surface area contributed by atoms with Gasteiger partial charge in [-0.3, -0.25) is 14.4 Å². The molecule has 3 aromatic carbocycles. The molecule has 210 valence electrons. The minimum atomic E-state index is -4.92. The average molecular weight is 582 g/mol. The van der Waals surface area contributed by atoms with Crippen LogP contribution in [0.5, 0.6) is 5.75 Å². The van der Waals surface area contributed by atoms with E-state index >= 15 is 0 Å². The molecule has 0 saturated heterocycles. The Morgan fingerprint density at radius 3 is 2.20 bits per heavy atom. The Bertz CT molecular complexity index is 1460. The Balaban J connectivity index is 1.64. The lowest BCUT2D eigenvalue weighted by molar-refractivity contribution is -0.139. The second-order valence-electron chi connectivity index (χ2n) is 8.35. The van der Waals surface area contributed by atoms with Crippen molar-refractivity contribution < 1.29 is 47.0 Å². The first-order chi connectivity index (χ1) is 18.7. The molecule has 3 aromatic rings. The van der Waals surface area contributed by atoms with E-state index in [4.69, 9.17) is 11.6 Å². The van der Waals surface area contributed by atoms with Crippen molar-refractivity contribution in [3.05, 3.63) is 99.3 Å². The number of rotatable bonds is 9. The van der Waals surface area contributed by atoms with Gasteiger partial charge in [0.25, 0.3) is 17.7 Å². The molecule has 0 spiro atoms. The van der Waals surface area contributed by atoms with Crippen LogP contribution in [-0.2, 0) is 17.5 Å². The lowest BCUT2D eigenvalue weighted by Gasteiger charge is -2.16. The molecule has 40 heavy (non-hydrogen) atoms. The number of phenols is 1. The van der Waals surface area contributed by atoms with Crippen LogP contribution >= 0.6 is 11.6 Å². The van der Waals surface area contributed by atoms with Crippen molar-refractivity contribution in [1.29, 1.82) is 0 Å². The zero-order valence-corrected chi connectivity index (χ0v) is 20.9. The van der Waals surface area contributed by atoms with E-state index in [0.717, 1.165) is 0 Å². The highest BCUT2D eigenvalue weighted by Crippen LogP contribution is 2.30. The highest BCUT2D eigenvalue weighted by Gasteiger charge is 2.32. The summed E-state index contributed by atoms with van der Waals surface area (Å²) in [5.41, 5.74) is -1.61. The molecule has 0 aliphatic carbocycles. The van der Waals surface area contributed by atoms with Gasteiger partial charge in [0.15, 0.2) is 0 Å². The Morgan fingerprint density at radius 2 is 1.57 bits per heavy atom. The minimum Gasteiger partial charge on any atom is -0.508 e. The van der Waals surface area contributed by atoms with Gasteiger partial charge in [0, 0.05) is 24.2 Å². The van der Waals surface area contributed by atoms with Crippen molar-refractivity contribution in [2.24, 2.45) is 0 Å². The van der Waals surface area contributed by atoms with Gasteiger partial charge in [-0.25, -0.2) is 9.18 Å². The van der Waals surface area contributed by atoms with Crippen LogP contribution in [0, 0.1) is 5.82 Å². The largest absolute Gasteiger partial charge is 0.508 e. The maximum absolute atomic E-state index is 13.6. The highest BCUT2D eigenvalue weighted by atomic mass is 35.5. The topological polar surface area (TPSA) is 145 Å². The van der Waals surface area contributed by atoms with Crippen molar-refractivity contribution in [1.82, 2.24) is 16.0 Å².